The van der Waals surface area contributed by atoms with Gasteiger partial charge >= 0.3 is 0 Å². The van der Waals surface area contributed by atoms with Crippen LogP contribution in [-0.2, 0) is 6.42 Å². The van der Waals surface area contributed by atoms with Crippen molar-refractivity contribution in [3.63, 3.8) is 0 Å². The molecular formula is C21H23N5O. The third-order valence-electron chi connectivity index (χ3n) is 4.37. The summed E-state index contributed by atoms with van der Waals surface area (Å²) in [6.45, 7) is 2.73. The molecule has 0 saturated heterocycles. The Bertz CT molecular complexity index is 853. The van der Waals surface area contributed by atoms with E-state index < -0.39 is 0 Å². The maximum Gasteiger partial charge on any atom is 0.254 e. The first-order chi connectivity index (χ1) is 13.1. The number of hydrogen-bond acceptors (Lipinski definition) is 5. The number of likely N-dealkylation sites (N-methyl/N-ethyl adjacent to an activating group) is 1. The second kappa shape index (κ2) is 8.89. The molecule has 6 nitrogen and oxygen atoms in total. The molecule has 138 valence electrons. The number of benzene rings is 1. The fourth-order valence-corrected chi connectivity index (χ4v) is 2.69. The SMILES string of the molecule is CC(NC(=O)c1cnc(N(C)CCc2ccncc2)nc1)c1ccccc1. The van der Waals surface area contributed by atoms with E-state index in [2.05, 4.69) is 20.3 Å². The molecule has 6 heteroatoms. The zero-order chi connectivity index (χ0) is 19.1. The fourth-order valence-electron chi connectivity index (χ4n) is 2.69. The summed E-state index contributed by atoms with van der Waals surface area (Å²) in [5.41, 5.74) is 2.71. The first-order valence-electron chi connectivity index (χ1n) is 8.91. The minimum absolute atomic E-state index is 0.0820. The fraction of sp³-hybridized carbons (Fsp3) is 0.238. The lowest BCUT2D eigenvalue weighted by Crippen LogP contribution is -2.27. The van der Waals surface area contributed by atoms with Crippen LogP contribution < -0.4 is 10.2 Å². The highest BCUT2D eigenvalue weighted by atomic mass is 16.1. The summed E-state index contributed by atoms with van der Waals surface area (Å²) in [5, 5.41) is 2.97. The molecule has 0 aliphatic heterocycles. The van der Waals surface area contributed by atoms with E-state index in [1.807, 2.05) is 61.3 Å². The number of rotatable bonds is 7. The molecule has 1 N–H and O–H groups in total. The van der Waals surface area contributed by atoms with Gasteiger partial charge in [-0.15, -0.1) is 0 Å². The Hall–Kier alpha value is -3.28. The van der Waals surface area contributed by atoms with Crippen molar-refractivity contribution in [2.75, 3.05) is 18.5 Å². The van der Waals surface area contributed by atoms with Gasteiger partial charge in [-0.3, -0.25) is 9.78 Å². The average Bonchev–Trinajstić information content (AvgIpc) is 2.73. The van der Waals surface area contributed by atoms with Crippen molar-refractivity contribution in [1.29, 1.82) is 0 Å². The van der Waals surface area contributed by atoms with E-state index in [9.17, 15) is 4.79 Å². The van der Waals surface area contributed by atoms with Crippen molar-refractivity contribution in [2.24, 2.45) is 0 Å². The summed E-state index contributed by atoms with van der Waals surface area (Å²) in [6, 6.07) is 13.8. The van der Waals surface area contributed by atoms with Crippen molar-refractivity contribution >= 4 is 11.9 Å². The van der Waals surface area contributed by atoms with Crippen LogP contribution >= 0.6 is 0 Å². The number of anilines is 1. The molecule has 1 unspecified atom stereocenters. The van der Waals surface area contributed by atoms with Crippen LogP contribution in [0.15, 0.2) is 67.3 Å². The van der Waals surface area contributed by atoms with Crippen LogP contribution in [0.5, 0.6) is 0 Å². The van der Waals surface area contributed by atoms with Crippen molar-refractivity contribution < 1.29 is 4.79 Å². The minimum Gasteiger partial charge on any atom is -0.345 e. The molecule has 2 heterocycles. The summed E-state index contributed by atoms with van der Waals surface area (Å²) in [6.07, 6.45) is 7.58. The van der Waals surface area contributed by atoms with Gasteiger partial charge in [0.2, 0.25) is 5.95 Å². The largest absolute Gasteiger partial charge is 0.345 e. The second-order valence-electron chi connectivity index (χ2n) is 6.40. The molecule has 1 amide bonds. The smallest absolute Gasteiger partial charge is 0.254 e. The molecule has 0 spiro atoms. The van der Waals surface area contributed by atoms with E-state index in [1.54, 1.807) is 24.8 Å². The predicted octanol–water partition coefficient (Wildman–Crippen LogP) is 3.04. The van der Waals surface area contributed by atoms with E-state index in [1.165, 1.54) is 5.56 Å². The Morgan fingerprint density at radius 1 is 1.07 bits per heavy atom. The summed E-state index contributed by atoms with van der Waals surface area (Å²) in [7, 11) is 1.94. The first-order valence-corrected chi connectivity index (χ1v) is 8.91. The van der Waals surface area contributed by atoms with Gasteiger partial charge in [0.15, 0.2) is 0 Å². The van der Waals surface area contributed by atoms with E-state index in [0.717, 1.165) is 18.5 Å². The average molecular weight is 361 g/mol. The molecular weight excluding hydrogens is 338 g/mol. The lowest BCUT2D eigenvalue weighted by molar-refractivity contribution is 0.0939. The van der Waals surface area contributed by atoms with Crippen molar-refractivity contribution in [3.05, 3.63) is 83.9 Å². The Labute approximate surface area is 159 Å². The normalized spacial score (nSPS) is 11.6. The van der Waals surface area contributed by atoms with E-state index in [-0.39, 0.29) is 11.9 Å². The van der Waals surface area contributed by atoms with Gasteiger partial charge in [0, 0.05) is 38.4 Å². The molecule has 1 atom stereocenters. The number of carbonyl (C=O) groups is 1. The second-order valence-corrected chi connectivity index (χ2v) is 6.40. The number of nitrogens with one attached hydrogen (secondary N) is 1. The van der Waals surface area contributed by atoms with Gasteiger partial charge in [0.1, 0.15) is 0 Å². The Balaban J connectivity index is 1.56. The number of nitrogens with zero attached hydrogens (tertiary/aromatic N) is 4. The highest BCUT2D eigenvalue weighted by Crippen LogP contribution is 2.13. The van der Waals surface area contributed by atoms with Crippen LogP contribution in [0.25, 0.3) is 0 Å². The van der Waals surface area contributed by atoms with Gasteiger partial charge in [0.05, 0.1) is 11.6 Å². The van der Waals surface area contributed by atoms with E-state index in [0.29, 0.717) is 11.5 Å². The highest BCUT2D eigenvalue weighted by Gasteiger charge is 2.13. The number of pyridine rings is 1. The van der Waals surface area contributed by atoms with Crippen LogP contribution in [-0.4, -0.2) is 34.5 Å². The van der Waals surface area contributed by atoms with E-state index in [4.69, 9.17) is 0 Å². The van der Waals surface area contributed by atoms with Crippen molar-refractivity contribution in [3.8, 4) is 0 Å². The first kappa shape index (κ1) is 18.5. The Morgan fingerprint density at radius 3 is 2.41 bits per heavy atom. The molecule has 3 rings (SSSR count). The lowest BCUT2D eigenvalue weighted by Gasteiger charge is -2.17. The van der Waals surface area contributed by atoms with Crippen molar-refractivity contribution in [2.45, 2.75) is 19.4 Å². The summed E-state index contributed by atoms with van der Waals surface area (Å²) in [4.78, 5) is 27.1. The van der Waals surface area contributed by atoms with Gasteiger partial charge in [-0.25, -0.2) is 9.97 Å². The number of carbonyl (C=O) groups excluding carboxylic acids is 1. The summed E-state index contributed by atoms with van der Waals surface area (Å²) in [5.74, 6) is 0.411. The molecule has 0 aliphatic rings. The molecule has 2 aromatic heterocycles. The summed E-state index contributed by atoms with van der Waals surface area (Å²) >= 11 is 0. The van der Waals surface area contributed by atoms with Gasteiger partial charge in [-0.1, -0.05) is 30.3 Å². The maximum atomic E-state index is 12.4. The standard InChI is InChI=1S/C21H23N5O/c1-16(18-6-4-3-5-7-18)25-20(27)19-14-23-21(24-15-19)26(2)13-10-17-8-11-22-12-9-17/h3-9,11-12,14-16H,10,13H2,1-2H3,(H,25,27). The molecule has 0 aliphatic carbocycles. The molecule has 0 saturated carbocycles. The van der Waals surface area contributed by atoms with Crippen LogP contribution in [0.1, 0.15) is 34.5 Å². The van der Waals surface area contributed by atoms with Gasteiger partial charge < -0.3 is 10.2 Å². The third-order valence-corrected chi connectivity index (χ3v) is 4.37. The number of aromatic nitrogens is 3. The molecule has 0 fully saturated rings. The van der Waals surface area contributed by atoms with Crippen LogP contribution in [0.4, 0.5) is 5.95 Å². The maximum absolute atomic E-state index is 12.4. The topological polar surface area (TPSA) is 71.0 Å². The van der Waals surface area contributed by atoms with Crippen LogP contribution in [0.3, 0.4) is 0 Å². The monoisotopic (exact) mass is 361 g/mol. The zero-order valence-corrected chi connectivity index (χ0v) is 15.5. The van der Waals surface area contributed by atoms with Crippen molar-refractivity contribution in [1.82, 2.24) is 20.3 Å². The molecule has 1 aromatic carbocycles. The summed E-state index contributed by atoms with van der Waals surface area (Å²) < 4.78 is 0. The molecule has 0 radical (unpaired) electrons. The Kier molecular flexibility index (Phi) is 6.10. The number of hydrogen-bond donors (Lipinski definition) is 1. The van der Waals surface area contributed by atoms with Gasteiger partial charge in [-0.2, -0.15) is 0 Å². The lowest BCUT2D eigenvalue weighted by atomic mass is 10.1. The van der Waals surface area contributed by atoms with Gasteiger partial charge in [-0.05, 0) is 36.6 Å². The van der Waals surface area contributed by atoms with Crippen LogP contribution in [0, 0.1) is 0 Å². The number of amides is 1. The Morgan fingerprint density at radius 2 is 1.74 bits per heavy atom. The van der Waals surface area contributed by atoms with Crippen LogP contribution in [0.2, 0.25) is 0 Å². The quantitative estimate of drug-likeness (QED) is 0.700. The molecule has 3 aromatic rings. The zero-order valence-electron chi connectivity index (χ0n) is 15.5. The van der Waals surface area contributed by atoms with E-state index >= 15 is 0 Å². The molecule has 27 heavy (non-hydrogen) atoms. The molecule has 0 bridgehead atoms. The van der Waals surface area contributed by atoms with Gasteiger partial charge in [0.25, 0.3) is 5.91 Å². The third kappa shape index (κ3) is 5.10. The minimum atomic E-state index is -0.183. The highest BCUT2D eigenvalue weighted by molar-refractivity contribution is 5.93. The predicted molar refractivity (Wildman–Crippen MR) is 106 cm³/mol.